The second-order valence-corrected chi connectivity index (χ2v) is 7.32. The van der Waals surface area contributed by atoms with Gasteiger partial charge in [-0.2, -0.15) is 15.1 Å². The molecule has 1 aromatic carbocycles. The molecule has 0 bridgehead atoms. The Kier molecular flexibility index (Phi) is 4.78. The van der Waals surface area contributed by atoms with Gasteiger partial charge in [-0.25, -0.2) is 4.39 Å². The first-order chi connectivity index (χ1) is 12.2. The Hall–Kier alpha value is -2.74. The molecule has 0 saturated carbocycles. The van der Waals surface area contributed by atoms with Crippen LogP contribution in [0.2, 0.25) is 0 Å². The van der Waals surface area contributed by atoms with E-state index in [1.807, 2.05) is 7.05 Å². The van der Waals surface area contributed by atoms with Gasteiger partial charge in [-0.15, -0.1) is 0 Å². The van der Waals surface area contributed by atoms with Crippen molar-refractivity contribution in [2.24, 2.45) is 12.8 Å². The normalized spacial score (nSPS) is 13.0. The van der Waals surface area contributed by atoms with Crippen molar-refractivity contribution in [2.45, 2.75) is 32.4 Å². The highest BCUT2D eigenvalue weighted by molar-refractivity contribution is 5.87. The van der Waals surface area contributed by atoms with Gasteiger partial charge in [0.25, 0.3) is 0 Å². The van der Waals surface area contributed by atoms with Gasteiger partial charge in [0.2, 0.25) is 5.95 Å². The molecule has 3 rings (SSSR count). The van der Waals surface area contributed by atoms with E-state index in [1.54, 1.807) is 23.0 Å². The van der Waals surface area contributed by atoms with Crippen LogP contribution in [0.15, 0.2) is 30.5 Å². The zero-order valence-electron chi connectivity index (χ0n) is 15.4. The fourth-order valence-electron chi connectivity index (χ4n) is 2.58. The molecule has 8 heteroatoms. The predicted octanol–water partition coefficient (Wildman–Crippen LogP) is 2.82. The first-order valence-corrected chi connectivity index (χ1v) is 8.46. The Balaban J connectivity index is 1.83. The Bertz CT molecular complexity index is 896. The number of aromatic nitrogens is 4. The first kappa shape index (κ1) is 18.1. The van der Waals surface area contributed by atoms with Crippen molar-refractivity contribution in [3.05, 3.63) is 41.8 Å². The van der Waals surface area contributed by atoms with Gasteiger partial charge >= 0.3 is 0 Å². The number of anilines is 2. The fourth-order valence-corrected chi connectivity index (χ4v) is 2.58. The highest BCUT2D eigenvalue weighted by Crippen LogP contribution is 2.24. The summed E-state index contributed by atoms with van der Waals surface area (Å²) in [5.41, 5.74) is 7.60. The quantitative estimate of drug-likeness (QED) is 0.650. The topological polar surface area (TPSA) is 93.7 Å². The molecule has 4 N–H and O–H groups in total. The lowest BCUT2D eigenvalue weighted by atomic mass is 10.1. The largest absolute Gasteiger partial charge is 0.365 e. The Morgan fingerprint density at radius 3 is 2.54 bits per heavy atom. The maximum atomic E-state index is 13.0. The molecule has 0 unspecified atom stereocenters. The third-order valence-corrected chi connectivity index (χ3v) is 3.86. The Morgan fingerprint density at radius 2 is 1.88 bits per heavy atom. The van der Waals surface area contributed by atoms with Crippen molar-refractivity contribution >= 4 is 22.8 Å². The van der Waals surface area contributed by atoms with Gasteiger partial charge in [-0.1, -0.05) is 12.1 Å². The van der Waals surface area contributed by atoms with Crippen molar-refractivity contribution in [1.29, 1.82) is 0 Å². The summed E-state index contributed by atoms with van der Waals surface area (Å²) < 4.78 is 14.7. The highest BCUT2D eigenvalue weighted by Gasteiger charge is 2.17. The molecule has 138 valence electrons. The molecule has 0 spiro atoms. The molecule has 26 heavy (non-hydrogen) atoms. The SMILES string of the molecule is Cn1ncc2c(NC(C)(C)C)nc(NC[C@H](N)c3ccc(F)cc3)nc21. The number of halogens is 1. The number of rotatable bonds is 5. The number of hydrogen-bond acceptors (Lipinski definition) is 6. The van der Waals surface area contributed by atoms with Crippen molar-refractivity contribution in [3.63, 3.8) is 0 Å². The molecular formula is C18H24FN7. The van der Waals surface area contributed by atoms with E-state index in [9.17, 15) is 4.39 Å². The van der Waals surface area contributed by atoms with E-state index in [0.717, 1.165) is 16.6 Å². The first-order valence-electron chi connectivity index (χ1n) is 8.46. The molecule has 0 aliphatic carbocycles. The number of nitrogens with one attached hydrogen (secondary N) is 2. The summed E-state index contributed by atoms with van der Waals surface area (Å²) in [6.07, 6.45) is 1.75. The number of hydrogen-bond donors (Lipinski definition) is 3. The lowest BCUT2D eigenvalue weighted by molar-refractivity contribution is 0.625. The summed E-state index contributed by atoms with van der Waals surface area (Å²) in [6.45, 7) is 6.61. The van der Waals surface area contributed by atoms with Crippen LogP contribution in [0.1, 0.15) is 32.4 Å². The zero-order valence-corrected chi connectivity index (χ0v) is 15.4. The van der Waals surface area contributed by atoms with Crippen LogP contribution in [0.3, 0.4) is 0 Å². The summed E-state index contributed by atoms with van der Waals surface area (Å²) in [7, 11) is 1.84. The average molecular weight is 357 g/mol. The van der Waals surface area contributed by atoms with Gasteiger partial charge < -0.3 is 16.4 Å². The van der Waals surface area contributed by atoms with Gasteiger partial charge in [0.15, 0.2) is 5.65 Å². The van der Waals surface area contributed by atoms with Crippen LogP contribution in [0, 0.1) is 5.82 Å². The Labute approximate surface area is 151 Å². The minimum absolute atomic E-state index is 0.154. The monoisotopic (exact) mass is 357 g/mol. The molecule has 2 aromatic heterocycles. The van der Waals surface area contributed by atoms with E-state index in [4.69, 9.17) is 5.73 Å². The van der Waals surface area contributed by atoms with Crippen molar-refractivity contribution < 1.29 is 4.39 Å². The highest BCUT2D eigenvalue weighted by atomic mass is 19.1. The maximum Gasteiger partial charge on any atom is 0.226 e. The van der Waals surface area contributed by atoms with Gasteiger partial charge in [0, 0.05) is 25.2 Å². The van der Waals surface area contributed by atoms with Crippen molar-refractivity contribution in [3.8, 4) is 0 Å². The molecule has 2 heterocycles. The summed E-state index contributed by atoms with van der Waals surface area (Å²) in [5, 5.41) is 11.7. The summed E-state index contributed by atoms with van der Waals surface area (Å²) in [4.78, 5) is 9.10. The second-order valence-electron chi connectivity index (χ2n) is 7.32. The minimum atomic E-state index is -0.305. The Morgan fingerprint density at radius 1 is 1.19 bits per heavy atom. The van der Waals surface area contributed by atoms with E-state index in [-0.39, 0.29) is 17.4 Å². The molecular weight excluding hydrogens is 333 g/mol. The summed E-state index contributed by atoms with van der Waals surface area (Å²) in [6, 6.07) is 5.86. The zero-order chi connectivity index (χ0) is 18.9. The predicted molar refractivity (Wildman–Crippen MR) is 101 cm³/mol. The van der Waals surface area contributed by atoms with Crippen LogP contribution in [0.5, 0.6) is 0 Å². The lowest BCUT2D eigenvalue weighted by Gasteiger charge is -2.22. The number of nitrogens with two attached hydrogens (primary N) is 1. The minimum Gasteiger partial charge on any atom is -0.365 e. The van der Waals surface area contributed by atoms with E-state index in [0.29, 0.717) is 18.3 Å². The molecule has 7 nitrogen and oxygen atoms in total. The van der Waals surface area contributed by atoms with E-state index in [2.05, 4.69) is 46.5 Å². The van der Waals surface area contributed by atoms with Gasteiger partial charge in [-0.3, -0.25) is 4.68 Å². The second kappa shape index (κ2) is 6.87. The standard InChI is InChI=1S/C18H24FN7/c1-18(2,3)25-15-13-9-22-26(4)16(13)24-17(23-15)21-10-14(20)11-5-7-12(19)8-6-11/h5-9,14H,10,20H2,1-4H3,(H2,21,23,24,25)/t14-/m0/s1. The maximum absolute atomic E-state index is 13.0. The van der Waals surface area contributed by atoms with E-state index >= 15 is 0 Å². The number of aryl methyl sites for hydroxylation is 1. The number of nitrogens with zero attached hydrogens (tertiary/aromatic N) is 4. The summed E-state index contributed by atoms with van der Waals surface area (Å²) >= 11 is 0. The average Bonchev–Trinajstić information content (AvgIpc) is 2.93. The molecule has 0 aliphatic heterocycles. The van der Waals surface area contributed by atoms with Crippen LogP contribution in [0.25, 0.3) is 11.0 Å². The smallest absolute Gasteiger partial charge is 0.226 e. The van der Waals surface area contributed by atoms with E-state index < -0.39 is 0 Å². The van der Waals surface area contributed by atoms with Gasteiger partial charge in [0.1, 0.15) is 11.6 Å². The molecule has 0 amide bonds. The van der Waals surface area contributed by atoms with Crippen molar-refractivity contribution in [2.75, 3.05) is 17.2 Å². The molecule has 1 atom stereocenters. The van der Waals surface area contributed by atoms with Crippen LogP contribution in [-0.4, -0.2) is 31.8 Å². The fraction of sp³-hybridized carbons (Fsp3) is 0.389. The van der Waals surface area contributed by atoms with Gasteiger partial charge in [0.05, 0.1) is 11.6 Å². The molecule has 0 fully saturated rings. The van der Waals surface area contributed by atoms with Crippen LogP contribution >= 0.6 is 0 Å². The van der Waals surface area contributed by atoms with Crippen LogP contribution < -0.4 is 16.4 Å². The molecule has 0 saturated heterocycles. The van der Waals surface area contributed by atoms with Gasteiger partial charge in [-0.05, 0) is 38.5 Å². The number of fused-ring (bicyclic) bond motifs is 1. The third kappa shape index (κ3) is 4.08. The molecule has 0 radical (unpaired) electrons. The molecule has 3 aromatic rings. The summed E-state index contributed by atoms with van der Waals surface area (Å²) in [5.74, 6) is 0.899. The van der Waals surface area contributed by atoms with Crippen LogP contribution in [0.4, 0.5) is 16.2 Å². The molecule has 0 aliphatic rings. The van der Waals surface area contributed by atoms with Crippen molar-refractivity contribution in [1.82, 2.24) is 19.7 Å². The van der Waals surface area contributed by atoms with Crippen LogP contribution in [-0.2, 0) is 7.05 Å². The number of benzene rings is 1. The lowest BCUT2D eigenvalue weighted by Crippen LogP contribution is -2.27. The third-order valence-electron chi connectivity index (χ3n) is 3.86. The van der Waals surface area contributed by atoms with E-state index in [1.165, 1.54) is 12.1 Å².